The van der Waals surface area contributed by atoms with Gasteiger partial charge in [-0.3, -0.25) is 14.5 Å². The Morgan fingerprint density at radius 3 is 2.29 bits per heavy atom. The first-order valence-electron chi connectivity index (χ1n) is 6.41. The molecule has 5 atom stereocenters. The normalized spacial score (nSPS) is 36.6. The molecule has 2 rings (SSSR count). The minimum atomic E-state index is -1.53. The third kappa shape index (κ3) is 3.28. The van der Waals surface area contributed by atoms with E-state index in [1.54, 1.807) is 0 Å². The highest BCUT2D eigenvalue weighted by Crippen LogP contribution is 2.21. The first-order valence-corrected chi connectivity index (χ1v) is 6.41. The Morgan fingerprint density at radius 1 is 1.10 bits per heavy atom. The average molecular weight is 303 g/mol. The molecule has 0 aromatic rings. The van der Waals surface area contributed by atoms with Crippen LogP contribution in [0.5, 0.6) is 0 Å². The Bertz CT molecular complexity index is 419. The molecule has 9 nitrogen and oxygen atoms in total. The summed E-state index contributed by atoms with van der Waals surface area (Å²) in [5.41, 5.74) is 0. The van der Waals surface area contributed by atoms with Crippen LogP contribution in [0.3, 0.4) is 0 Å². The molecule has 2 heterocycles. The van der Waals surface area contributed by atoms with Crippen LogP contribution in [0.25, 0.3) is 0 Å². The summed E-state index contributed by atoms with van der Waals surface area (Å²) >= 11 is 0. The van der Waals surface area contributed by atoms with Gasteiger partial charge in [0.05, 0.1) is 19.8 Å². The van der Waals surface area contributed by atoms with E-state index in [4.69, 9.17) is 14.6 Å². The number of amides is 2. The van der Waals surface area contributed by atoms with E-state index in [0.29, 0.717) is 0 Å². The molecule has 9 heteroatoms. The van der Waals surface area contributed by atoms with Crippen molar-refractivity contribution in [3.8, 4) is 0 Å². The maximum Gasteiger partial charge on any atom is 0.253 e. The minimum Gasteiger partial charge on any atom is -0.394 e. The highest BCUT2D eigenvalue weighted by Gasteiger charge is 2.44. The highest BCUT2D eigenvalue weighted by atomic mass is 16.7. The van der Waals surface area contributed by atoms with Crippen molar-refractivity contribution in [2.75, 3.05) is 19.8 Å². The summed E-state index contributed by atoms with van der Waals surface area (Å²) in [4.78, 5) is 23.5. The Hall–Kier alpha value is -1.36. The smallest absolute Gasteiger partial charge is 0.253 e. The molecule has 2 aliphatic rings. The Kier molecular flexibility index (Phi) is 5.04. The standard InChI is InChI=1S/C12H17NO8/c14-5-6-9(17)10(18)11(19)12(21-6)20-4-3-13-7(15)1-2-8(13)16/h1-2,6,9-12,14,17-19H,3-5H2. The number of carbonyl (C=O) groups excluding carboxylic acids is 2. The van der Waals surface area contributed by atoms with Crippen LogP contribution in [0.15, 0.2) is 12.2 Å². The zero-order valence-corrected chi connectivity index (χ0v) is 11.0. The van der Waals surface area contributed by atoms with Crippen LogP contribution in [-0.2, 0) is 19.1 Å². The van der Waals surface area contributed by atoms with Crippen LogP contribution in [0.1, 0.15) is 0 Å². The number of carbonyl (C=O) groups is 2. The van der Waals surface area contributed by atoms with Gasteiger partial charge in [0, 0.05) is 12.2 Å². The number of aliphatic hydroxyl groups excluding tert-OH is 4. The largest absolute Gasteiger partial charge is 0.394 e. The summed E-state index contributed by atoms with van der Waals surface area (Å²) < 4.78 is 10.3. The molecule has 1 saturated heterocycles. The fourth-order valence-corrected chi connectivity index (χ4v) is 2.12. The Morgan fingerprint density at radius 2 is 1.71 bits per heavy atom. The van der Waals surface area contributed by atoms with Crippen LogP contribution >= 0.6 is 0 Å². The van der Waals surface area contributed by atoms with E-state index < -0.39 is 49.1 Å². The van der Waals surface area contributed by atoms with Crippen molar-refractivity contribution in [2.24, 2.45) is 0 Å². The minimum absolute atomic E-state index is 0.0420. The third-order valence-corrected chi connectivity index (χ3v) is 3.35. The number of imide groups is 1. The Balaban J connectivity index is 1.85. The molecule has 21 heavy (non-hydrogen) atoms. The summed E-state index contributed by atoms with van der Waals surface area (Å²) in [6.07, 6.45) is -4.57. The van der Waals surface area contributed by atoms with Gasteiger partial charge in [-0.05, 0) is 0 Å². The van der Waals surface area contributed by atoms with Crippen molar-refractivity contribution in [3.63, 3.8) is 0 Å². The van der Waals surface area contributed by atoms with Gasteiger partial charge in [-0.2, -0.15) is 0 Å². The molecule has 0 aromatic carbocycles. The third-order valence-electron chi connectivity index (χ3n) is 3.35. The van der Waals surface area contributed by atoms with E-state index in [-0.39, 0.29) is 13.2 Å². The Labute approximate surface area is 120 Å². The van der Waals surface area contributed by atoms with Gasteiger partial charge in [0.15, 0.2) is 6.29 Å². The summed E-state index contributed by atoms with van der Waals surface area (Å²) in [7, 11) is 0. The molecule has 1 fully saturated rings. The summed E-state index contributed by atoms with van der Waals surface area (Å²) in [5.74, 6) is -0.921. The predicted molar refractivity (Wildman–Crippen MR) is 65.6 cm³/mol. The molecule has 0 radical (unpaired) electrons. The van der Waals surface area contributed by atoms with E-state index in [9.17, 15) is 24.9 Å². The molecule has 5 unspecified atom stereocenters. The van der Waals surface area contributed by atoms with Gasteiger partial charge in [-0.1, -0.05) is 0 Å². The molecule has 0 aromatic heterocycles. The lowest BCUT2D eigenvalue weighted by Gasteiger charge is -2.39. The van der Waals surface area contributed by atoms with Gasteiger partial charge >= 0.3 is 0 Å². The fraction of sp³-hybridized carbons (Fsp3) is 0.667. The molecular formula is C12H17NO8. The van der Waals surface area contributed by atoms with Crippen molar-refractivity contribution in [2.45, 2.75) is 30.7 Å². The maximum absolute atomic E-state index is 11.3. The van der Waals surface area contributed by atoms with E-state index >= 15 is 0 Å². The molecule has 0 bridgehead atoms. The zero-order chi connectivity index (χ0) is 15.6. The second kappa shape index (κ2) is 6.60. The lowest BCUT2D eigenvalue weighted by atomic mass is 9.99. The second-order valence-electron chi connectivity index (χ2n) is 4.73. The number of rotatable bonds is 5. The quantitative estimate of drug-likeness (QED) is 0.388. The van der Waals surface area contributed by atoms with E-state index in [1.165, 1.54) is 0 Å². The molecule has 2 aliphatic heterocycles. The van der Waals surface area contributed by atoms with Crippen LogP contribution < -0.4 is 0 Å². The van der Waals surface area contributed by atoms with E-state index in [0.717, 1.165) is 17.1 Å². The van der Waals surface area contributed by atoms with Gasteiger partial charge in [0.2, 0.25) is 0 Å². The lowest BCUT2D eigenvalue weighted by molar-refractivity contribution is -0.301. The van der Waals surface area contributed by atoms with Gasteiger partial charge in [-0.25, -0.2) is 0 Å². The first-order chi connectivity index (χ1) is 9.95. The van der Waals surface area contributed by atoms with Crippen molar-refractivity contribution in [1.29, 1.82) is 0 Å². The van der Waals surface area contributed by atoms with Crippen molar-refractivity contribution >= 4 is 11.8 Å². The predicted octanol–water partition coefficient (Wildman–Crippen LogP) is -3.27. The van der Waals surface area contributed by atoms with E-state index in [1.807, 2.05) is 0 Å². The van der Waals surface area contributed by atoms with E-state index in [2.05, 4.69) is 0 Å². The number of hydrogen-bond donors (Lipinski definition) is 4. The molecule has 4 N–H and O–H groups in total. The van der Waals surface area contributed by atoms with Crippen LogP contribution in [0.2, 0.25) is 0 Å². The molecule has 2 amide bonds. The van der Waals surface area contributed by atoms with Gasteiger partial charge < -0.3 is 29.9 Å². The van der Waals surface area contributed by atoms with Crippen molar-refractivity contribution in [1.82, 2.24) is 4.90 Å². The molecular weight excluding hydrogens is 286 g/mol. The summed E-state index contributed by atoms with van der Waals surface area (Å²) in [6.45, 7) is -0.723. The monoisotopic (exact) mass is 303 g/mol. The fourth-order valence-electron chi connectivity index (χ4n) is 2.12. The highest BCUT2D eigenvalue weighted by molar-refractivity contribution is 6.12. The molecule has 0 saturated carbocycles. The first kappa shape index (κ1) is 16.0. The SMILES string of the molecule is O=C1C=CC(=O)N1CCOC1OC(CO)C(O)C(O)C1O. The second-order valence-corrected chi connectivity index (χ2v) is 4.73. The van der Waals surface area contributed by atoms with Gasteiger partial charge in [0.25, 0.3) is 11.8 Å². The van der Waals surface area contributed by atoms with Crippen molar-refractivity contribution in [3.05, 3.63) is 12.2 Å². The number of hydrogen-bond acceptors (Lipinski definition) is 8. The van der Waals surface area contributed by atoms with Crippen LogP contribution in [0, 0.1) is 0 Å². The zero-order valence-electron chi connectivity index (χ0n) is 11.0. The van der Waals surface area contributed by atoms with Crippen LogP contribution in [-0.4, -0.2) is 87.6 Å². The summed E-state index contributed by atoms with van der Waals surface area (Å²) in [6, 6.07) is 0. The average Bonchev–Trinajstić information content (AvgIpc) is 2.79. The number of nitrogens with zero attached hydrogens (tertiary/aromatic N) is 1. The molecule has 118 valence electrons. The lowest BCUT2D eigenvalue weighted by Crippen LogP contribution is -2.59. The summed E-state index contributed by atoms with van der Waals surface area (Å²) in [5, 5.41) is 37.9. The topological polar surface area (TPSA) is 137 Å². The molecule has 0 spiro atoms. The maximum atomic E-state index is 11.3. The van der Waals surface area contributed by atoms with Crippen LogP contribution in [0.4, 0.5) is 0 Å². The van der Waals surface area contributed by atoms with Gasteiger partial charge in [0.1, 0.15) is 24.4 Å². The molecule has 0 aliphatic carbocycles. The number of ether oxygens (including phenoxy) is 2. The van der Waals surface area contributed by atoms with Gasteiger partial charge in [-0.15, -0.1) is 0 Å². The van der Waals surface area contributed by atoms with Crippen molar-refractivity contribution < 1.29 is 39.5 Å². The number of aliphatic hydroxyl groups is 4.